The number of aryl methyl sites for hydroxylation is 1. The molecule has 19 heavy (non-hydrogen) atoms. The van der Waals surface area contributed by atoms with Crippen LogP contribution in [-0.2, 0) is 6.42 Å². The molecule has 0 spiro atoms. The van der Waals surface area contributed by atoms with Crippen molar-refractivity contribution < 1.29 is 9.53 Å². The lowest BCUT2D eigenvalue weighted by Crippen LogP contribution is -2.05. The molecule has 0 saturated carbocycles. The fourth-order valence-corrected chi connectivity index (χ4v) is 2.81. The summed E-state index contributed by atoms with van der Waals surface area (Å²) in [6.45, 7) is 2.64. The van der Waals surface area contributed by atoms with E-state index in [1.165, 1.54) is 0 Å². The lowest BCUT2D eigenvalue weighted by atomic mass is 9.99. The predicted octanol–water partition coefficient (Wildman–Crippen LogP) is 3.92. The Bertz CT molecular complexity index is 662. The van der Waals surface area contributed by atoms with E-state index >= 15 is 0 Å². The summed E-state index contributed by atoms with van der Waals surface area (Å²) in [5.41, 5.74) is 3.51. The molecule has 3 heteroatoms. The minimum absolute atomic E-state index is 0.00863. The molecule has 1 aliphatic heterocycles. The number of rotatable bonds is 2. The number of ketones is 1. The first-order valence-corrected chi connectivity index (χ1v) is 7.02. The first-order chi connectivity index (χ1) is 9.18. The van der Waals surface area contributed by atoms with Crippen LogP contribution in [0.15, 0.2) is 40.9 Å². The maximum Gasteiger partial charge on any atom is 0.197 e. The summed E-state index contributed by atoms with van der Waals surface area (Å²) in [5.74, 6) is 0.759. The number of halogens is 1. The zero-order valence-electron chi connectivity index (χ0n) is 10.6. The highest BCUT2D eigenvalue weighted by atomic mass is 79.9. The first kappa shape index (κ1) is 12.4. The Morgan fingerprint density at radius 1 is 1.16 bits per heavy atom. The number of hydrogen-bond acceptors (Lipinski definition) is 2. The minimum Gasteiger partial charge on any atom is -0.492 e. The number of carbonyl (C=O) groups excluding carboxylic acids is 1. The average molecular weight is 317 g/mol. The molecule has 0 fully saturated rings. The van der Waals surface area contributed by atoms with Crippen LogP contribution in [0.25, 0.3) is 0 Å². The summed E-state index contributed by atoms with van der Waals surface area (Å²) in [6.07, 6.45) is 0.880. The third-order valence-electron chi connectivity index (χ3n) is 3.40. The maximum absolute atomic E-state index is 12.7. The Morgan fingerprint density at radius 3 is 2.74 bits per heavy atom. The largest absolute Gasteiger partial charge is 0.492 e. The first-order valence-electron chi connectivity index (χ1n) is 6.23. The molecular weight excluding hydrogens is 304 g/mol. The Hall–Kier alpha value is -1.61. The van der Waals surface area contributed by atoms with Gasteiger partial charge in [-0.1, -0.05) is 24.3 Å². The molecule has 0 bridgehead atoms. The fourth-order valence-electron chi connectivity index (χ4n) is 2.36. The zero-order valence-corrected chi connectivity index (χ0v) is 12.2. The molecule has 2 nitrogen and oxygen atoms in total. The van der Waals surface area contributed by atoms with Gasteiger partial charge in [0.1, 0.15) is 5.75 Å². The molecule has 0 atom stereocenters. The van der Waals surface area contributed by atoms with Crippen LogP contribution in [0.1, 0.15) is 27.0 Å². The van der Waals surface area contributed by atoms with Crippen molar-refractivity contribution >= 4 is 21.7 Å². The maximum atomic E-state index is 12.7. The molecule has 0 radical (unpaired) electrons. The van der Waals surface area contributed by atoms with Crippen molar-refractivity contribution in [2.24, 2.45) is 0 Å². The monoisotopic (exact) mass is 316 g/mol. The van der Waals surface area contributed by atoms with E-state index in [2.05, 4.69) is 15.9 Å². The smallest absolute Gasteiger partial charge is 0.197 e. The van der Waals surface area contributed by atoms with Crippen molar-refractivity contribution in [3.63, 3.8) is 0 Å². The van der Waals surface area contributed by atoms with Crippen LogP contribution in [0.3, 0.4) is 0 Å². The summed E-state index contributed by atoms with van der Waals surface area (Å²) < 4.78 is 6.46. The van der Waals surface area contributed by atoms with E-state index in [4.69, 9.17) is 4.74 Å². The summed E-state index contributed by atoms with van der Waals surface area (Å²) in [4.78, 5) is 12.7. The van der Waals surface area contributed by atoms with E-state index in [-0.39, 0.29) is 5.78 Å². The number of para-hydroxylation sites is 1. The van der Waals surface area contributed by atoms with Gasteiger partial charge in [0.2, 0.25) is 0 Å². The lowest BCUT2D eigenvalue weighted by molar-refractivity contribution is 0.103. The number of benzene rings is 2. The third kappa shape index (κ3) is 2.08. The van der Waals surface area contributed by atoms with Crippen LogP contribution in [-0.4, -0.2) is 12.4 Å². The molecule has 96 valence electrons. The van der Waals surface area contributed by atoms with Gasteiger partial charge in [-0.15, -0.1) is 0 Å². The quantitative estimate of drug-likeness (QED) is 0.785. The normalized spacial score (nSPS) is 12.9. The second kappa shape index (κ2) is 4.82. The van der Waals surface area contributed by atoms with Gasteiger partial charge in [-0.25, -0.2) is 0 Å². The topological polar surface area (TPSA) is 26.3 Å². The molecule has 0 aromatic heterocycles. The molecule has 2 aromatic rings. The molecular formula is C16H13BrO2. The van der Waals surface area contributed by atoms with Gasteiger partial charge in [0.05, 0.1) is 12.2 Å². The average Bonchev–Trinajstić information content (AvgIpc) is 2.89. The number of fused-ring (bicyclic) bond motifs is 1. The summed E-state index contributed by atoms with van der Waals surface area (Å²) in [5, 5.41) is 0. The highest BCUT2D eigenvalue weighted by Gasteiger charge is 2.22. The predicted molar refractivity (Wildman–Crippen MR) is 78.0 cm³/mol. The molecule has 0 aliphatic carbocycles. The number of carbonyl (C=O) groups is 1. The lowest BCUT2D eigenvalue weighted by Gasteiger charge is -2.09. The highest BCUT2D eigenvalue weighted by molar-refractivity contribution is 9.10. The van der Waals surface area contributed by atoms with Gasteiger partial charge < -0.3 is 4.74 Å². The van der Waals surface area contributed by atoms with Gasteiger partial charge in [-0.3, -0.25) is 4.79 Å². The molecule has 0 saturated heterocycles. The summed E-state index contributed by atoms with van der Waals surface area (Å²) >= 11 is 3.50. The Kier molecular flexibility index (Phi) is 3.15. The SMILES string of the molecule is Cc1cccc(C(=O)c2cccc3c2OCC3)c1Br. The van der Waals surface area contributed by atoms with Crippen molar-refractivity contribution in [2.45, 2.75) is 13.3 Å². The number of hydrogen-bond donors (Lipinski definition) is 0. The van der Waals surface area contributed by atoms with Crippen LogP contribution < -0.4 is 4.74 Å². The number of ether oxygens (including phenoxy) is 1. The molecule has 3 rings (SSSR count). The van der Waals surface area contributed by atoms with Crippen molar-refractivity contribution in [1.82, 2.24) is 0 Å². The van der Waals surface area contributed by atoms with E-state index in [0.717, 1.165) is 27.8 Å². The molecule has 0 unspecified atom stereocenters. The highest BCUT2D eigenvalue weighted by Crippen LogP contribution is 2.32. The Morgan fingerprint density at radius 2 is 1.89 bits per heavy atom. The summed E-state index contributed by atoms with van der Waals surface area (Å²) in [7, 11) is 0. The molecule has 2 aromatic carbocycles. The van der Waals surface area contributed by atoms with Crippen LogP contribution in [0, 0.1) is 6.92 Å². The molecule has 1 heterocycles. The standard InChI is InChI=1S/C16H13BrO2/c1-10-4-2-6-12(14(10)17)15(18)13-7-3-5-11-8-9-19-16(11)13/h2-7H,8-9H2,1H3. The van der Waals surface area contributed by atoms with Crippen molar-refractivity contribution in [2.75, 3.05) is 6.61 Å². The van der Waals surface area contributed by atoms with Crippen LogP contribution >= 0.6 is 15.9 Å². The molecule has 0 amide bonds. The van der Waals surface area contributed by atoms with E-state index in [1.807, 2.05) is 43.3 Å². The van der Waals surface area contributed by atoms with Crippen molar-refractivity contribution in [3.05, 3.63) is 63.1 Å². The van der Waals surface area contributed by atoms with Crippen LogP contribution in [0.4, 0.5) is 0 Å². The van der Waals surface area contributed by atoms with Crippen molar-refractivity contribution in [1.29, 1.82) is 0 Å². The van der Waals surface area contributed by atoms with E-state index in [9.17, 15) is 4.79 Å². The Balaban J connectivity index is 2.11. The van der Waals surface area contributed by atoms with Crippen molar-refractivity contribution in [3.8, 4) is 5.75 Å². The van der Waals surface area contributed by atoms with Crippen LogP contribution in [0.2, 0.25) is 0 Å². The van der Waals surface area contributed by atoms with E-state index in [0.29, 0.717) is 17.7 Å². The second-order valence-electron chi connectivity index (χ2n) is 4.66. The van der Waals surface area contributed by atoms with Gasteiger partial charge >= 0.3 is 0 Å². The van der Waals surface area contributed by atoms with Gasteiger partial charge in [0.15, 0.2) is 5.78 Å². The molecule has 0 N–H and O–H groups in total. The zero-order chi connectivity index (χ0) is 13.4. The molecule has 1 aliphatic rings. The fraction of sp³-hybridized carbons (Fsp3) is 0.188. The Labute approximate surface area is 120 Å². The second-order valence-corrected chi connectivity index (χ2v) is 5.45. The van der Waals surface area contributed by atoms with Gasteiger partial charge in [0.25, 0.3) is 0 Å². The van der Waals surface area contributed by atoms with Crippen LogP contribution in [0.5, 0.6) is 5.75 Å². The van der Waals surface area contributed by atoms with E-state index in [1.54, 1.807) is 0 Å². The summed E-state index contributed by atoms with van der Waals surface area (Å²) in [6, 6.07) is 11.5. The van der Waals surface area contributed by atoms with E-state index < -0.39 is 0 Å². The van der Waals surface area contributed by atoms with Gasteiger partial charge in [-0.05, 0) is 46.1 Å². The van der Waals surface area contributed by atoms with Gasteiger partial charge in [0, 0.05) is 16.5 Å². The van der Waals surface area contributed by atoms with Gasteiger partial charge in [-0.2, -0.15) is 0 Å². The third-order valence-corrected chi connectivity index (χ3v) is 4.45. The minimum atomic E-state index is 0.00863.